The highest BCUT2D eigenvalue weighted by atomic mass is 19.3. The first kappa shape index (κ1) is 26.3. The average Bonchev–Trinajstić information content (AvgIpc) is 3.06. The average molecular weight is 506 g/mol. The summed E-state index contributed by atoms with van der Waals surface area (Å²) >= 11 is 0. The van der Waals surface area contributed by atoms with Crippen LogP contribution >= 0.6 is 0 Å². The molecule has 0 radical (unpaired) electrons. The van der Waals surface area contributed by atoms with Gasteiger partial charge < -0.3 is 15.4 Å². The van der Waals surface area contributed by atoms with Gasteiger partial charge in [0.15, 0.2) is 5.92 Å². The third-order valence-corrected chi connectivity index (χ3v) is 5.04. The Kier molecular flexibility index (Phi) is 7.41. The summed E-state index contributed by atoms with van der Waals surface area (Å²) in [5.41, 5.74) is -0.277. The Bertz CT molecular complexity index is 1260. The number of nitrogens with one attached hydrogen (secondary N) is 4. The highest BCUT2D eigenvalue weighted by Gasteiger charge is 2.40. The van der Waals surface area contributed by atoms with E-state index in [4.69, 9.17) is 10.8 Å². The monoisotopic (exact) mass is 506 g/mol. The number of hydrazone groups is 1. The molecule has 36 heavy (non-hydrogen) atoms. The summed E-state index contributed by atoms with van der Waals surface area (Å²) in [7, 11) is 0. The van der Waals surface area contributed by atoms with Crippen LogP contribution in [0.4, 0.5) is 28.9 Å². The zero-order valence-corrected chi connectivity index (χ0v) is 19.3. The molecule has 1 unspecified atom stereocenters. The van der Waals surface area contributed by atoms with E-state index in [1.54, 1.807) is 0 Å². The van der Waals surface area contributed by atoms with Gasteiger partial charge in [0.25, 0.3) is 11.8 Å². The molecule has 1 aliphatic heterocycles. The molecular weight excluding hydrogens is 484 g/mol. The SMILES string of the molecule is CC(=N)NC(=N)c1cc(N2N=C(C)C(C(=O)Nc3cccc(C(C)(F)F)c3)C2=O)ccc1OC(F)F. The molecule has 2 aromatic rings. The van der Waals surface area contributed by atoms with E-state index in [1.807, 2.05) is 0 Å². The van der Waals surface area contributed by atoms with Crippen LogP contribution in [0.3, 0.4) is 0 Å². The smallest absolute Gasteiger partial charge is 0.387 e. The van der Waals surface area contributed by atoms with E-state index in [0.29, 0.717) is 6.92 Å². The Morgan fingerprint density at radius 1 is 1.19 bits per heavy atom. The number of hydrogen-bond acceptors (Lipinski definition) is 6. The Morgan fingerprint density at radius 3 is 2.50 bits per heavy atom. The molecule has 9 nitrogen and oxygen atoms in total. The van der Waals surface area contributed by atoms with Crippen LogP contribution in [-0.4, -0.2) is 35.8 Å². The van der Waals surface area contributed by atoms with E-state index in [0.717, 1.165) is 17.1 Å². The van der Waals surface area contributed by atoms with E-state index in [1.165, 1.54) is 44.2 Å². The quantitative estimate of drug-likeness (QED) is 0.193. The van der Waals surface area contributed by atoms with Crippen LogP contribution < -0.4 is 20.4 Å². The molecule has 4 N–H and O–H groups in total. The van der Waals surface area contributed by atoms with E-state index in [-0.39, 0.29) is 39.8 Å². The topological polar surface area (TPSA) is 131 Å². The van der Waals surface area contributed by atoms with Crippen molar-refractivity contribution in [1.29, 1.82) is 10.8 Å². The number of carbonyl (C=O) groups excluding carboxylic acids is 2. The number of nitrogens with zero attached hydrogens (tertiary/aromatic N) is 2. The van der Waals surface area contributed by atoms with Crippen LogP contribution in [0.5, 0.6) is 5.75 Å². The summed E-state index contributed by atoms with van der Waals surface area (Å²) in [6, 6.07) is 8.57. The van der Waals surface area contributed by atoms with Gasteiger partial charge in [-0.1, -0.05) is 12.1 Å². The Labute approximate surface area is 203 Å². The van der Waals surface area contributed by atoms with Crippen molar-refractivity contribution in [3.8, 4) is 5.75 Å². The number of ether oxygens (including phenoxy) is 1. The first-order valence-corrected chi connectivity index (χ1v) is 10.5. The maximum Gasteiger partial charge on any atom is 0.387 e. The van der Waals surface area contributed by atoms with E-state index in [2.05, 4.69) is 20.5 Å². The van der Waals surface area contributed by atoms with Crippen molar-refractivity contribution in [1.82, 2.24) is 5.32 Å². The number of halogens is 4. The molecule has 1 atom stereocenters. The minimum atomic E-state index is -3.18. The largest absolute Gasteiger partial charge is 0.434 e. The van der Waals surface area contributed by atoms with Gasteiger partial charge in [-0.15, -0.1) is 0 Å². The molecule has 13 heteroatoms. The Balaban J connectivity index is 1.87. The van der Waals surface area contributed by atoms with Gasteiger partial charge in [-0.2, -0.15) is 18.9 Å². The Hall–Kier alpha value is -4.29. The van der Waals surface area contributed by atoms with Crippen molar-refractivity contribution in [2.24, 2.45) is 11.0 Å². The summed E-state index contributed by atoms with van der Waals surface area (Å²) in [5.74, 6) is -7.03. The lowest BCUT2D eigenvalue weighted by molar-refractivity contribution is -0.127. The molecule has 0 fully saturated rings. The van der Waals surface area contributed by atoms with Crippen LogP contribution in [0.15, 0.2) is 47.6 Å². The molecule has 0 aromatic heterocycles. The standard InChI is InChI=1S/C23H22F4N6O3/c1-11-18(20(34)31-14-6-4-5-13(9-14)23(3,26)27)21(35)33(32-11)15-7-8-17(36-22(24)25)16(10-15)19(29)30-12(2)28/h4-10,18,22H,1-3H3,(H,31,34)(H3,28,29,30). The summed E-state index contributed by atoms with van der Waals surface area (Å²) in [6.45, 7) is 0.296. The van der Waals surface area contributed by atoms with Crippen molar-refractivity contribution < 1.29 is 31.9 Å². The first-order valence-electron chi connectivity index (χ1n) is 10.5. The van der Waals surface area contributed by atoms with E-state index in [9.17, 15) is 27.2 Å². The van der Waals surface area contributed by atoms with Crippen LogP contribution in [-0.2, 0) is 15.5 Å². The third-order valence-electron chi connectivity index (χ3n) is 5.04. The fraction of sp³-hybridized carbons (Fsp3) is 0.261. The third kappa shape index (κ3) is 5.85. The second-order valence-corrected chi connectivity index (χ2v) is 7.97. The van der Waals surface area contributed by atoms with Gasteiger partial charge in [0.1, 0.15) is 11.6 Å². The predicted octanol–water partition coefficient (Wildman–Crippen LogP) is 4.29. The number of amides is 2. The van der Waals surface area contributed by atoms with E-state index >= 15 is 0 Å². The molecule has 0 spiro atoms. The van der Waals surface area contributed by atoms with Crippen LogP contribution in [0, 0.1) is 16.7 Å². The number of alkyl halides is 4. The molecule has 0 saturated heterocycles. The molecular formula is C23H22F4N6O3. The van der Waals surface area contributed by atoms with Crippen LogP contribution in [0.25, 0.3) is 0 Å². The van der Waals surface area contributed by atoms with Crippen molar-refractivity contribution in [2.75, 3.05) is 10.3 Å². The normalized spacial score (nSPS) is 15.6. The number of carbonyl (C=O) groups is 2. The lowest BCUT2D eigenvalue weighted by atomic mass is 10.0. The molecule has 0 saturated carbocycles. The van der Waals surface area contributed by atoms with Gasteiger partial charge in [0.2, 0.25) is 5.91 Å². The highest BCUT2D eigenvalue weighted by Crippen LogP contribution is 2.32. The highest BCUT2D eigenvalue weighted by molar-refractivity contribution is 6.28. The summed E-state index contributed by atoms with van der Waals surface area (Å²) < 4.78 is 57.3. The lowest BCUT2D eigenvalue weighted by Gasteiger charge is -2.18. The van der Waals surface area contributed by atoms with Gasteiger partial charge >= 0.3 is 6.61 Å². The van der Waals surface area contributed by atoms with Crippen molar-refractivity contribution >= 4 is 40.6 Å². The molecule has 2 amide bonds. The molecule has 1 heterocycles. The van der Waals surface area contributed by atoms with Gasteiger partial charge in [-0.05, 0) is 44.2 Å². The first-order chi connectivity index (χ1) is 16.8. The van der Waals surface area contributed by atoms with Crippen LogP contribution in [0.1, 0.15) is 31.9 Å². The summed E-state index contributed by atoms with van der Waals surface area (Å²) in [5, 5.41) is 25.3. The number of hydrogen-bond donors (Lipinski definition) is 4. The predicted molar refractivity (Wildman–Crippen MR) is 125 cm³/mol. The molecule has 0 bridgehead atoms. The molecule has 2 aromatic carbocycles. The molecule has 0 aliphatic carbocycles. The summed E-state index contributed by atoms with van der Waals surface area (Å²) in [4.78, 5) is 25.9. The number of rotatable bonds is 7. The maximum absolute atomic E-state index is 13.6. The van der Waals surface area contributed by atoms with Gasteiger partial charge in [-0.25, -0.2) is 8.78 Å². The lowest BCUT2D eigenvalue weighted by Crippen LogP contribution is -2.36. The molecule has 3 rings (SSSR count). The molecule has 190 valence electrons. The number of anilines is 2. The summed E-state index contributed by atoms with van der Waals surface area (Å²) in [6.07, 6.45) is 0. The minimum absolute atomic E-state index is 0.0491. The van der Waals surface area contributed by atoms with Crippen molar-refractivity contribution in [3.05, 3.63) is 53.6 Å². The van der Waals surface area contributed by atoms with Gasteiger partial charge in [0.05, 0.1) is 22.8 Å². The van der Waals surface area contributed by atoms with Crippen molar-refractivity contribution in [2.45, 2.75) is 33.3 Å². The second-order valence-electron chi connectivity index (χ2n) is 7.97. The maximum atomic E-state index is 13.6. The molecule has 1 aliphatic rings. The zero-order valence-electron chi connectivity index (χ0n) is 19.3. The fourth-order valence-electron chi connectivity index (χ4n) is 3.44. The number of benzene rings is 2. The minimum Gasteiger partial charge on any atom is -0.434 e. The zero-order chi connectivity index (χ0) is 26.8. The fourth-order valence-corrected chi connectivity index (χ4v) is 3.44. The van der Waals surface area contributed by atoms with Crippen LogP contribution in [0.2, 0.25) is 0 Å². The second kappa shape index (κ2) is 10.1. The Morgan fingerprint density at radius 2 is 1.89 bits per heavy atom. The van der Waals surface area contributed by atoms with Crippen molar-refractivity contribution in [3.63, 3.8) is 0 Å². The van der Waals surface area contributed by atoms with Gasteiger partial charge in [0, 0.05) is 18.2 Å². The number of amidine groups is 2. The van der Waals surface area contributed by atoms with E-state index < -0.39 is 36.1 Å². The van der Waals surface area contributed by atoms with Gasteiger partial charge in [-0.3, -0.25) is 20.4 Å².